The van der Waals surface area contributed by atoms with Crippen molar-refractivity contribution in [2.75, 3.05) is 0 Å². The van der Waals surface area contributed by atoms with Crippen LogP contribution in [0.15, 0.2) is 45.9 Å². The predicted octanol–water partition coefficient (Wildman–Crippen LogP) is 5.24. The van der Waals surface area contributed by atoms with Crippen LogP contribution in [0, 0.1) is 13.8 Å². The Morgan fingerprint density at radius 1 is 1.07 bits per heavy atom. The average molecular weight is 396 g/mol. The third-order valence-electron chi connectivity index (χ3n) is 5.60. The minimum atomic E-state index is -0.136. The Balaban J connectivity index is 1.72. The number of rotatable bonds is 5. The van der Waals surface area contributed by atoms with E-state index in [1.165, 1.54) is 23.1 Å². The molecule has 0 radical (unpaired) electrons. The lowest BCUT2D eigenvalue weighted by Crippen LogP contribution is -2.42. The number of nitrogens with zero attached hydrogens (tertiary/aromatic N) is 1. The Hall–Kier alpha value is -2.27. The van der Waals surface area contributed by atoms with Crippen molar-refractivity contribution in [1.29, 1.82) is 0 Å². The molecule has 5 heteroatoms. The summed E-state index contributed by atoms with van der Waals surface area (Å²) in [5.41, 5.74) is 3.60. The van der Waals surface area contributed by atoms with E-state index in [0.29, 0.717) is 16.2 Å². The molecule has 1 fully saturated rings. The highest BCUT2D eigenvalue weighted by molar-refractivity contribution is 8.03. The lowest BCUT2D eigenvalue weighted by molar-refractivity contribution is -0.139. The number of thioether (sulfide) groups is 1. The summed E-state index contributed by atoms with van der Waals surface area (Å²) in [6.45, 7) is 4.04. The van der Waals surface area contributed by atoms with Crippen molar-refractivity contribution in [3.63, 3.8) is 0 Å². The highest BCUT2D eigenvalue weighted by Crippen LogP contribution is 2.41. The summed E-state index contributed by atoms with van der Waals surface area (Å²) in [7, 11) is 0. The summed E-state index contributed by atoms with van der Waals surface area (Å²) in [6.07, 6.45) is 6.79. The van der Waals surface area contributed by atoms with E-state index in [0.717, 1.165) is 48.1 Å². The van der Waals surface area contributed by atoms with E-state index in [1.54, 1.807) is 6.26 Å². The Morgan fingerprint density at radius 3 is 2.54 bits per heavy atom. The van der Waals surface area contributed by atoms with Crippen LogP contribution in [-0.4, -0.2) is 22.8 Å². The monoisotopic (exact) mass is 395 g/mol. The predicted molar refractivity (Wildman–Crippen MR) is 112 cm³/mol. The molecule has 1 aliphatic heterocycles. The minimum Gasteiger partial charge on any atom is -0.468 e. The molecule has 1 saturated carbocycles. The Kier molecular flexibility index (Phi) is 5.44. The van der Waals surface area contributed by atoms with E-state index in [4.69, 9.17) is 4.42 Å². The van der Waals surface area contributed by atoms with Crippen LogP contribution < -0.4 is 0 Å². The zero-order valence-corrected chi connectivity index (χ0v) is 17.2. The molecule has 2 heterocycles. The van der Waals surface area contributed by atoms with Gasteiger partial charge in [0.15, 0.2) is 0 Å². The summed E-state index contributed by atoms with van der Waals surface area (Å²) in [5.74, 6) is 1.07. The lowest BCUT2D eigenvalue weighted by atomic mass is 9.94. The van der Waals surface area contributed by atoms with Crippen LogP contribution in [0.1, 0.15) is 54.6 Å². The molecule has 0 bridgehead atoms. The van der Waals surface area contributed by atoms with Crippen molar-refractivity contribution in [1.82, 2.24) is 4.90 Å². The second-order valence-corrected chi connectivity index (χ2v) is 8.65. The van der Waals surface area contributed by atoms with Gasteiger partial charge < -0.3 is 4.42 Å². The van der Waals surface area contributed by atoms with Gasteiger partial charge in [0.2, 0.25) is 0 Å². The fourth-order valence-electron chi connectivity index (χ4n) is 4.20. The van der Waals surface area contributed by atoms with Crippen molar-refractivity contribution >= 4 is 29.1 Å². The van der Waals surface area contributed by atoms with E-state index in [9.17, 15) is 9.59 Å². The third-order valence-corrected chi connectivity index (χ3v) is 6.70. The van der Waals surface area contributed by atoms with Crippen molar-refractivity contribution < 1.29 is 14.0 Å². The quantitative estimate of drug-likeness (QED) is 0.650. The first kappa shape index (κ1) is 19.1. The zero-order chi connectivity index (χ0) is 19.7. The number of carbonyl (C=O) groups excluding carboxylic acids is 2. The summed E-state index contributed by atoms with van der Waals surface area (Å²) in [5, 5.41) is 0. The molecule has 2 aliphatic rings. The summed E-state index contributed by atoms with van der Waals surface area (Å²) >= 11 is 1.41. The van der Waals surface area contributed by atoms with E-state index >= 15 is 0 Å². The number of carbonyl (C=O) groups is 2. The van der Waals surface area contributed by atoms with Crippen molar-refractivity contribution in [3.8, 4) is 0 Å². The van der Waals surface area contributed by atoms with Gasteiger partial charge in [-0.1, -0.05) is 43.0 Å². The number of hydrogen-bond acceptors (Lipinski definition) is 4. The Bertz CT molecular complexity index is 923. The van der Waals surface area contributed by atoms with Crippen molar-refractivity contribution in [2.45, 2.75) is 57.7 Å². The molecule has 0 atom stereocenters. The molecule has 4 rings (SSSR count). The van der Waals surface area contributed by atoms with Crippen LogP contribution in [0.5, 0.6) is 0 Å². The fourth-order valence-corrected chi connectivity index (χ4v) is 5.21. The molecule has 2 amide bonds. The van der Waals surface area contributed by atoms with Crippen LogP contribution in [0.4, 0.5) is 0 Å². The number of imide groups is 1. The number of aryl methyl sites for hydroxylation is 2. The molecular weight excluding hydrogens is 370 g/mol. The zero-order valence-electron chi connectivity index (χ0n) is 16.4. The molecule has 1 aliphatic carbocycles. The van der Waals surface area contributed by atoms with Crippen LogP contribution in [0.2, 0.25) is 0 Å². The Morgan fingerprint density at radius 2 is 1.86 bits per heavy atom. The molecule has 2 aromatic rings. The summed E-state index contributed by atoms with van der Waals surface area (Å²) in [4.78, 5) is 28.9. The highest BCUT2D eigenvalue weighted by Gasteiger charge is 2.43. The van der Waals surface area contributed by atoms with Gasteiger partial charge in [-0.15, -0.1) is 11.8 Å². The SMILES string of the molecule is Cc1ccc(C2=C(SCc3ccco3)C(=O)N(C3CCCCC3)C2=O)c(C)c1. The molecule has 1 aromatic heterocycles. The summed E-state index contributed by atoms with van der Waals surface area (Å²) < 4.78 is 5.43. The Labute approximate surface area is 170 Å². The van der Waals surface area contributed by atoms with Crippen LogP contribution in [-0.2, 0) is 15.3 Å². The normalized spacial score (nSPS) is 18.4. The highest BCUT2D eigenvalue weighted by atomic mass is 32.2. The minimum absolute atomic E-state index is 0.0243. The lowest BCUT2D eigenvalue weighted by Gasteiger charge is -2.30. The second-order valence-electron chi connectivity index (χ2n) is 7.66. The number of hydrogen-bond donors (Lipinski definition) is 0. The van der Waals surface area contributed by atoms with Gasteiger partial charge in [-0.25, -0.2) is 0 Å². The van der Waals surface area contributed by atoms with Gasteiger partial charge in [0.1, 0.15) is 5.76 Å². The molecule has 1 aromatic carbocycles. The van der Waals surface area contributed by atoms with Crippen LogP contribution >= 0.6 is 11.8 Å². The van der Waals surface area contributed by atoms with Gasteiger partial charge in [-0.2, -0.15) is 0 Å². The maximum Gasteiger partial charge on any atom is 0.268 e. The first-order valence-electron chi connectivity index (χ1n) is 9.91. The standard InChI is InChI=1S/C23H25NO3S/c1-15-10-11-19(16(2)13-15)20-21(28-14-18-9-6-12-27-18)23(26)24(22(20)25)17-7-4-3-5-8-17/h6,9-13,17H,3-5,7-8,14H2,1-2H3. The maximum atomic E-state index is 13.4. The molecule has 0 unspecified atom stereocenters. The number of furan rings is 1. The second kappa shape index (κ2) is 8.00. The van der Waals surface area contributed by atoms with Gasteiger partial charge >= 0.3 is 0 Å². The van der Waals surface area contributed by atoms with Crippen LogP contribution in [0.25, 0.3) is 5.57 Å². The molecule has 4 nitrogen and oxygen atoms in total. The molecule has 0 saturated heterocycles. The topological polar surface area (TPSA) is 50.5 Å². The summed E-state index contributed by atoms with van der Waals surface area (Å²) in [6, 6.07) is 9.80. The molecule has 28 heavy (non-hydrogen) atoms. The van der Waals surface area contributed by atoms with E-state index in [1.807, 2.05) is 38.1 Å². The first-order valence-corrected chi connectivity index (χ1v) is 10.9. The maximum absolute atomic E-state index is 13.4. The number of benzene rings is 1. The van der Waals surface area contributed by atoms with Gasteiger partial charge in [0.25, 0.3) is 11.8 Å². The molecule has 0 spiro atoms. The van der Waals surface area contributed by atoms with E-state index in [-0.39, 0.29) is 17.9 Å². The van der Waals surface area contributed by atoms with E-state index < -0.39 is 0 Å². The largest absolute Gasteiger partial charge is 0.468 e. The average Bonchev–Trinajstić information content (AvgIpc) is 3.28. The number of amides is 2. The fraction of sp³-hybridized carbons (Fsp3) is 0.391. The van der Waals surface area contributed by atoms with E-state index in [2.05, 4.69) is 6.07 Å². The molecule has 0 N–H and O–H groups in total. The van der Waals surface area contributed by atoms with Gasteiger partial charge in [0, 0.05) is 6.04 Å². The molecular formula is C23H25NO3S. The molecule has 146 valence electrons. The van der Waals surface area contributed by atoms with Crippen LogP contribution in [0.3, 0.4) is 0 Å². The first-order chi connectivity index (χ1) is 13.6. The van der Waals surface area contributed by atoms with Crippen molar-refractivity contribution in [3.05, 3.63) is 64.0 Å². The van der Waals surface area contributed by atoms with Crippen molar-refractivity contribution in [2.24, 2.45) is 0 Å². The van der Waals surface area contributed by atoms with Gasteiger partial charge in [-0.3, -0.25) is 14.5 Å². The van der Waals surface area contributed by atoms with Gasteiger partial charge in [0.05, 0.1) is 22.5 Å². The smallest absolute Gasteiger partial charge is 0.268 e. The van der Waals surface area contributed by atoms with Gasteiger partial charge in [-0.05, 0) is 49.9 Å². The third kappa shape index (κ3) is 3.55.